The van der Waals surface area contributed by atoms with Crippen LogP contribution in [0.25, 0.3) is 0 Å². The molecule has 0 heteroatoms. The zero-order valence-corrected chi connectivity index (χ0v) is 12.7. The standard InChI is InChI=1S/C16H34/c1-7-9-11-15(3,4)13-14-16(5,6)12-10-8-2/h7-14H2,1-6H3. The van der Waals surface area contributed by atoms with Crippen LogP contribution in [0, 0.1) is 10.8 Å². The second-order valence-corrected chi connectivity index (χ2v) is 7.04. The molecule has 0 nitrogen and oxygen atoms in total. The highest BCUT2D eigenvalue weighted by molar-refractivity contribution is 4.75. The van der Waals surface area contributed by atoms with Crippen molar-refractivity contribution in [2.45, 2.75) is 92.9 Å². The molecular weight excluding hydrogens is 192 g/mol. The molecule has 0 atom stereocenters. The molecule has 0 aromatic heterocycles. The first-order chi connectivity index (χ1) is 7.33. The molecule has 0 spiro atoms. The summed E-state index contributed by atoms with van der Waals surface area (Å²) >= 11 is 0. The second-order valence-electron chi connectivity index (χ2n) is 7.04. The lowest BCUT2D eigenvalue weighted by Crippen LogP contribution is -2.18. The van der Waals surface area contributed by atoms with Gasteiger partial charge in [0.25, 0.3) is 0 Å². The average molecular weight is 226 g/mol. The Bertz CT molecular complexity index is 145. The summed E-state index contributed by atoms with van der Waals surface area (Å²) in [5.41, 5.74) is 1.11. The second kappa shape index (κ2) is 7.35. The molecule has 0 saturated carbocycles. The molecule has 0 N–H and O–H groups in total. The highest BCUT2D eigenvalue weighted by Crippen LogP contribution is 2.36. The molecule has 98 valence electrons. The van der Waals surface area contributed by atoms with Gasteiger partial charge in [-0.3, -0.25) is 0 Å². The van der Waals surface area contributed by atoms with Crippen molar-refractivity contribution in [3.63, 3.8) is 0 Å². The van der Waals surface area contributed by atoms with Crippen molar-refractivity contribution in [3.05, 3.63) is 0 Å². The van der Waals surface area contributed by atoms with Gasteiger partial charge in [-0.15, -0.1) is 0 Å². The Labute approximate surface area is 104 Å². The lowest BCUT2D eigenvalue weighted by Gasteiger charge is -2.31. The molecule has 0 rings (SSSR count). The Kier molecular flexibility index (Phi) is 7.35. The average Bonchev–Trinajstić information content (AvgIpc) is 2.22. The number of rotatable bonds is 9. The van der Waals surface area contributed by atoms with Crippen LogP contribution >= 0.6 is 0 Å². The van der Waals surface area contributed by atoms with Crippen LogP contribution in [0.15, 0.2) is 0 Å². The van der Waals surface area contributed by atoms with E-state index >= 15 is 0 Å². The van der Waals surface area contributed by atoms with Crippen molar-refractivity contribution in [1.82, 2.24) is 0 Å². The smallest absolute Gasteiger partial charge is 0.0354 e. The van der Waals surface area contributed by atoms with Gasteiger partial charge in [0.05, 0.1) is 0 Å². The summed E-state index contributed by atoms with van der Waals surface area (Å²) in [6.45, 7) is 14.4. The van der Waals surface area contributed by atoms with Crippen LogP contribution < -0.4 is 0 Å². The van der Waals surface area contributed by atoms with Crippen LogP contribution in [-0.2, 0) is 0 Å². The molecular formula is C16H34. The lowest BCUT2D eigenvalue weighted by atomic mass is 9.75. The van der Waals surface area contributed by atoms with E-state index in [0.29, 0.717) is 10.8 Å². The van der Waals surface area contributed by atoms with Gasteiger partial charge in [0.2, 0.25) is 0 Å². The molecule has 0 aliphatic rings. The van der Waals surface area contributed by atoms with Gasteiger partial charge in [0.1, 0.15) is 0 Å². The maximum atomic E-state index is 2.44. The maximum absolute atomic E-state index is 2.44. The Hall–Kier alpha value is 0. The van der Waals surface area contributed by atoms with E-state index in [2.05, 4.69) is 41.5 Å². The summed E-state index contributed by atoms with van der Waals surface area (Å²) < 4.78 is 0. The van der Waals surface area contributed by atoms with Crippen LogP contribution in [0.3, 0.4) is 0 Å². The molecule has 0 radical (unpaired) electrons. The highest BCUT2D eigenvalue weighted by Gasteiger charge is 2.23. The minimum atomic E-state index is 0.555. The van der Waals surface area contributed by atoms with Gasteiger partial charge in [-0.05, 0) is 36.5 Å². The van der Waals surface area contributed by atoms with Crippen LogP contribution in [0.4, 0.5) is 0 Å². The molecule has 0 aliphatic heterocycles. The highest BCUT2D eigenvalue weighted by atomic mass is 14.3. The van der Waals surface area contributed by atoms with Gasteiger partial charge < -0.3 is 0 Å². The molecule has 0 unspecified atom stereocenters. The number of hydrogen-bond acceptors (Lipinski definition) is 0. The van der Waals surface area contributed by atoms with Gasteiger partial charge in [-0.1, -0.05) is 67.2 Å². The lowest BCUT2D eigenvalue weighted by molar-refractivity contribution is 0.210. The Morgan fingerprint density at radius 3 is 1.12 bits per heavy atom. The quantitative estimate of drug-likeness (QED) is 0.439. The van der Waals surface area contributed by atoms with Crippen LogP contribution in [0.2, 0.25) is 0 Å². The van der Waals surface area contributed by atoms with Gasteiger partial charge in [0, 0.05) is 0 Å². The van der Waals surface area contributed by atoms with Crippen molar-refractivity contribution >= 4 is 0 Å². The van der Waals surface area contributed by atoms with Gasteiger partial charge >= 0.3 is 0 Å². The molecule has 0 aromatic rings. The third-order valence-corrected chi connectivity index (χ3v) is 3.89. The van der Waals surface area contributed by atoms with E-state index in [1.165, 1.54) is 51.4 Å². The van der Waals surface area contributed by atoms with E-state index in [-0.39, 0.29) is 0 Å². The van der Waals surface area contributed by atoms with E-state index in [4.69, 9.17) is 0 Å². The molecule has 0 saturated heterocycles. The molecule has 0 heterocycles. The Morgan fingerprint density at radius 1 is 0.562 bits per heavy atom. The monoisotopic (exact) mass is 226 g/mol. The van der Waals surface area contributed by atoms with Crippen molar-refractivity contribution in [2.75, 3.05) is 0 Å². The summed E-state index contributed by atoms with van der Waals surface area (Å²) in [6, 6.07) is 0. The van der Waals surface area contributed by atoms with E-state index in [1.807, 2.05) is 0 Å². The fourth-order valence-corrected chi connectivity index (χ4v) is 2.24. The molecule has 16 heavy (non-hydrogen) atoms. The third kappa shape index (κ3) is 8.19. The van der Waals surface area contributed by atoms with Gasteiger partial charge in [-0.2, -0.15) is 0 Å². The van der Waals surface area contributed by atoms with Crippen LogP contribution in [0.1, 0.15) is 92.9 Å². The number of unbranched alkanes of at least 4 members (excludes halogenated alkanes) is 2. The maximum Gasteiger partial charge on any atom is -0.0354 e. The van der Waals surface area contributed by atoms with Crippen LogP contribution in [0.5, 0.6) is 0 Å². The van der Waals surface area contributed by atoms with Crippen molar-refractivity contribution in [2.24, 2.45) is 10.8 Å². The fraction of sp³-hybridized carbons (Fsp3) is 1.00. The Morgan fingerprint density at radius 2 is 0.875 bits per heavy atom. The molecule has 0 fully saturated rings. The summed E-state index contributed by atoms with van der Waals surface area (Å²) in [5.74, 6) is 0. The van der Waals surface area contributed by atoms with Crippen molar-refractivity contribution in [3.8, 4) is 0 Å². The summed E-state index contributed by atoms with van der Waals surface area (Å²) in [6.07, 6.45) is 11.0. The largest absolute Gasteiger partial charge is 0.0654 e. The molecule has 0 bridgehead atoms. The zero-order valence-electron chi connectivity index (χ0n) is 12.7. The minimum Gasteiger partial charge on any atom is -0.0654 e. The molecule has 0 aliphatic carbocycles. The number of hydrogen-bond donors (Lipinski definition) is 0. The van der Waals surface area contributed by atoms with E-state index < -0.39 is 0 Å². The van der Waals surface area contributed by atoms with Gasteiger partial charge in [0.15, 0.2) is 0 Å². The first-order valence-electron chi connectivity index (χ1n) is 7.33. The summed E-state index contributed by atoms with van der Waals surface area (Å²) in [4.78, 5) is 0. The zero-order chi connectivity index (χ0) is 12.7. The molecule has 0 amide bonds. The van der Waals surface area contributed by atoms with E-state index in [9.17, 15) is 0 Å². The van der Waals surface area contributed by atoms with Gasteiger partial charge in [-0.25, -0.2) is 0 Å². The van der Waals surface area contributed by atoms with Crippen LogP contribution in [-0.4, -0.2) is 0 Å². The van der Waals surface area contributed by atoms with E-state index in [1.54, 1.807) is 0 Å². The topological polar surface area (TPSA) is 0 Å². The normalized spacial score (nSPS) is 13.1. The van der Waals surface area contributed by atoms with Crippen molar-refractivity contribution < 1.29 is 0 Å². The van der Waals surface area contributed by atoms with Crippen molar-refractivity contribution in [1.29, 1.82) is 0 Å². The summed E-state index contributed by atoms with van der Waals surface area (Å²) in [5, 5.41) is 0. The summed E-state index contributed by atoms with van der Waals surface area (Å²) in [7, 11) is 0. The minimum absolute atomic E-state index is 0.555. The predicted octanol–water partition coefficient (Wildman–Crippen LogP) is 6.20. The first kappa shape index (κ1) is 16.0. The third-order valence-electron chi connectivity index (χ3n) is 3.89. The predicted molar refractivity (Wildman–Crippen MR) is 75.8 cm³/mol. The van der Waals surface area contributed by atoms with E-state index in [0.717, 1.165) is 0 Å². The fourth-order valence-electron chi connectivity index (χ4n) is 2.24. The first-order valence-corrected chi connectivity index (χ1v) is 7.33. The Balaban J connectivity index is 3.91. The SMILES string of the molecule is CCCCC(C)(C)CCC(C)(C)CCCC. The molecule has 0 aromatic carbocycles.